The predicted octanol–water partition coefficient (Wildman–Crippen LogP) is 3.66. The molecule has 0 radical (unpaired) electrons. The molecule has 5 nitrogen and oxygen atoms in total. The summed E-state index contributed by atoms with van der Waals surface area (Å²) in [5.41, 5.74) is 4.53. The third-order valence-corrected chi connectivity index (χ3v) is 5.15. The van der Waals surface area contributed by atoms with Crippen molar-refractivity contribution in [2.75, 3.05) is 25.1 Å². The summed E-state index contributed by atoms with van der Waals surface area (Å²) in [7, 11) is 3.84. The van der Waals surface area contributed by atoms with Crippen molar-refractivity contribution in [3.05, 3.63) is 30.1 Å². The zero-order valence-corrected chi connectivity index (χ0v) is 15.5. The lowest BCUT2D eigenvalue weighted by Gasteiger charge is -2.37. The number of anilines is 1. The molecule has 3 aromatic rings. The van der Waals surface area contributed by atoms with Crippen molar-refractivity contribution >= 4 is 27.5 Å². The normalized spacial score (nSPS) is 21.2. The van der Waals surface area contributed by atoms with E-state index >= 15 is 0 Å². The largest absolute Gasteiger partial charge is 0.495 e. The molecule has 4 rings (SSSR count). The first-order chi connectivity index (χ1) is 12.0. The maximum absolute atomic E-state index is 5.89. The van der Waals surface area contributed by atoms with Crippen molar-refractivity contribution in [3.8, 4) is 5.75 Å². The van der Waals surface area contributed by atoms with Crippen molar-refractivity contribution in [2.45, 2.75) is 33.0 Å². The number of morpholine rings is 1. The second-order valence-corrected chi connectivity index (χ2v) is 7.06. The fourth-order valence-corrected chi connectivity index (χ4v) is 4.16. The minimum atomic E-state index is 0.211. The topological polar surface area (TPSA) is 39.5 Å². The molecule has 1 fully saturated rings. The lowest BCUT2D eigenvalue weighted by Crippen LogP contribution is -2.45. The monoisotopic (exact) mass is 339 g/mol. The van der Waals surface area contributed by atoms with Crippen LogP contribution in [-0.2, 0) is 11.8 Å². The Labute approximate surface area is 148 Å². The number of hydrogen-bond donors (Lipinski definition) is 0. The van der Waals surface area contributed by atoms with Crippen molar-refractivity contribution in [2.24, 2.45) is 7.05 Å². The molecule has 0 aliphatic carbocycles. The van der Waals surface area contributed by atoms with Crippen LogP contribution in [0.1, 0.15) is 19.5 Å². The Bertz CT molecular complexity index is 937. The van der Waals surface area contributed by atoms with Crippen LogP contribution in [0, 0.1) is 6.92 Å². The lowest BCUT2D eigenvalue weighted by atomic mass is 10.1. The summed E-state index contributed by atoms with van der Waals surface area (Å²) >= 11 is 0. The molecule has 0 amide bonds. The van der Waals surface area contributed by atoms with Crippen LogP contribution in [-0.4, -0.2) is 42.0 Å². The average Bonchev–Trinajstić information content (AvgIpc) is 2.86. The van der Waals surface area contributed by atoms with Crippen molar-refractivity contribution in [3.63, 3.8) is 0 Å². The van der Waals surface area contributed by atoms with Crippen LogP contribution in [0.3, 0.4) is 0 Å². The molecule has 1 aromatic carbocycles. The Morgan fingerprint density at radius 2 is 1.88 bits per heavy atom. The SMILES string of the molecule is COc1cc2c(cc1N1CC(C)O[C@H](C)C1)c1ccnc(C)c1n2C. The number of nitrogens with zero attached hydrogens (tertiary/aromatic N) is 3. The van der Waals surface area contributed by atoms with E-state index in [0.29, 0.717) is 0 Å². The molecule has 0 bridgehead atoms. The molecule has 1 saturated heterocycles. The van der Waals surface area contributed by atoms with Gasteiger partial charge in [0.05, 0.1) is 41.7 Å². The van der Waals surface area contributed by atoms with Crippen LogP contribution in [0.5, 0.6) is 5.75 Å². The molecule has 5 heteroatoms. The highest BCUT2D eigenvalue weighted by Gasteiger charge is 2.25. The fourth-order valence-electron chi connectivity index (χ4n) is 4.16. The van der Waals surface area contributed by atoms with Gasteiger partial charge in [-0.3, -0.25) is 4.98 Å². The maximum Gasteiger partial charge on any atom is 0.144 e. The van der Waals surface area contributed by atoms with Gasteiger partial charge in [-0.15, -0.1) is 0 Å². The minimum Gasteiger partial charge on any atom is -0.495 e. The maximum atomic E-state index is 5.89. The Morgan fingerprint density at radius 1 is 1.16 bits per heavy atom. The molecule has 0 saturated carbocycles. The number of ether oxygens (including phenoxy) is 2. The molecule has 1 aliphatic rings. The summed E-state index contributed by atoms with van der Waals surface area (Å²) in [6.45, 7) is 8.06. The van der Waals surface area contributed by atoms with Gasteiger partial charge < -0.3 is 18.9 Å². The molecule has 1 unspecified atom stereocenters. The Hall–Kier alpha value is -2.27. The predicted molar refractivity (Wildman–Crippen MR) is 102 cm³/mol. The van der Waals surface area contributed by atoms with Crippen molar-refractivity contribution < 1.29 is 9.47 Å². The van der Waals surface area contributed by atoms with E-state index in [0.717, 1.165) is 30.2 Å². The first-order valence-corrected chi connectivity index (χ1v) is 8.81. The number of benzene rings is 1. The van der Waals surface area contributed by atoms with E-state index in [-0.39, 0.29) is 12.2 Å². The van der Waals surface area contributed by atoms with Crippen molar-refractivity contribution in [1.82, 2.24) is 9.55 Å². The van der Waals surface area contributed by atoms with E-state index < -0.39 is 0 Å². The van der Waals surface area contributed by atoms with Crippen LogP contribution < -0.4 is 9.64 Å². The first-order valence-electron chi connectivity index (χ1n) is 8.81. The van der Waals surface area contributed by atoms with Gasteiger partial charge in [0, 0.05) is 43.2 Å². The molecule has 2 atom stereocenters. The smallest absolute Gasteiger partial charge is 0.144 e. The number of aryl methyl sites for hydroxylation is 2. The second kappa shape index (κ2) is 5.92. The molecule has 3 heterocycles. The molecule has 0 N–H and O–H groups in total. The highest BCUT2D eigenvalue weighted by atomic mass is 16.5. The van der Waals surface area contributed by atoms with Crippen LogP contribution in [0.2, 0.25) is 0 Å². The molecule has 132 valence electrons. The van der Waals surface area contributed by atoms with Gasteiger partial charge in [0.15, 0.2) is 0 Å². The van der Waals surface area contributed by atoms with Gasteiger partial charge in [-0.2, -0.15) is 0 Å². The Morgan fingerprint density at radius 3 is 2.56 bits per heavy atom. The van der Waals surface area contributed by atoms with E-state index in [2.05, 4.69) is 60.5 Å². The summed E-state index contributed by atoms with van der Waals surface area (Å²) in [6, 6.07) is 6.51. The quantitative estimate of drug-likeness (QED) is 0.714. The third kappa shape index (κ3) is 2.54. The number of aromatic nitrogens is 2. The summed E-state index contributed by atoms with van der Waals surface area (Å²) in [6.07, 6.45) is 2.31. The third-order valence-electron chi connectivity index (χ3n) is 5.15. The standard InChI is InChI=1S/C20H25N3O2/c1-12-10-23(11-13(2)25-12)18-8-16-15-6-7-21-14(3)20(15)22(4)17(16)9-19(18)24-5/h6-9,12-13H,10-11H2,1-5H3/t12-,13?/m1/s1. The van der Waals surface area contributed by atoms with E-state index in [1.165, 1.54) is 21.8 Å². The number of fused-ring (bicyclic) bond motifs is 3. The first kappa shape index (κ1) is 16.2. The molecular formula is C20H25N3O2. The zero-order chi connectivity index (χ0) is 17.7. The zero-order valence-electron chi connectivity index (χ0n) is 15.5. The van der Waals surface area contributed by atoms with Gasteiger partial charge in [0.2, 0.25) is 0 Å². The molecule has 1 aliphatic heterocycles. The van der Waals surface area contributed by atoms with Crippen LogP contribution in [0.15, 0.2) is 24.4 Å². The van der Waals surface area contributed by atoms with Gasteiger partial charge in [-0.1, -0.05) is 0 Å². The summed E-state index contributed by atoms with van der Waals surface area (Å²) in [5.74, 6) is 0.908. The average molecular weight is 339 g/mol. The highest BCUT2D eigenvalue weighted by Crippen LogP contribution is 2.39. The number of pyridine rings is 1. The number of rotatable bonds is 2. The van der Waals surface area contributed by atoms with Crippen LogP contribution in [0.25, 0.3) is 21.8 Å². The number of methoxy groups -OCH3 is 1. The van der Waals surface area contributed by atoms with Crippen molar-refractivity contribution in [1.29, 1.82) is 0 Å². The molecular weight excluding hydrogens is 314 g/mol. The van der Waals surface area contributed by atoms with Gasteiger partial charge in [0.1, 0.15) is 5.75 Å². The Balaban J connectivity index is 1.96. The van der Waals surface area contributed by atoms with Crippen LogP contribution >= 0.6 is 0 Å². The van der Waals surface area contributed by atoms with Crippen LogP contribution in [0.4, 0.5) is 5.69 Å². The molecule has 25 heavy (non-hydrogen) atoms. The fraction of sp³-hybridized carbons (Fsp3) is 0.450. The van der Waals surface area contributed by atoms with E-state index in [1.807, 2.05) is 6.20 Å². The van der Waals surface area contributed by atoms with E-state index in [1.54, 1.807) is 7.11 Å². The second-order valence-electron chi connectivity index (χ2n) is 7.06. The summed E-state index contributed by atoms with van der Waals surface area (Å²) < 4.78 is 13.9. The molecule has 2 aromatic heterocycles. The Kier molecular flexibility index (Phi) is 3.84. The molecule has 0 spiro atoms. The minimum absolute atomic E-state index is 0.211. The van der Waals surface area contributed by atoms with Gasteiger partial charge in [0.25, 0.3) is 0 Å². The summed E-state index contributed by atoms with van der Waals surface area (Å²) in [5, 5.41) is 2.48. The van der Waals surface area contributed by atoms with E-state index in [4.69, 9.17) is 9.47 Å². The number of hydrogen-bond acceptors (Lipinski definition) is 4. The highest BCUT2D eigenvalue weighted by molar-refractivity contribution is 6.10. The lowest BCUT2D eigenvalue weighted by molar-refractivity contribution is -0.00531. The van der Waals surface area contributed by atoms with Gasteiger partial charge >= 0.3 is 0 Å². The van der Waals surface area contributed by atoms with Gasteiger partial charge in [-0.25, -0.2) is 0 Å². The summed E-state index contributed by atoms with van der Waals surface area (Å²) in [4.78, 5) is 6.84. The van der Waals surface area contributed by atoms with E-state index in [9.17, 15) is 0 Å². The van der Waals surface area contributed by atoms with Gasteiger partial charge in [-0.05, 0) is 32.9 Å².